The van der Waals surface area contributed by atoms with Gasteiger partial charge in [-0.25, -0.2) is 26.7 Å². The molecule has 1 aliphatic heterocycles. The molecule has 0 saturated heterocycles. The van der Waals surface area contributed by atoms with E-state index in [1.807, 2.05) is 15.7 Å². The number of urea groups is 1. The molecule has 0 spiro atoms. The Balaban J connectivity index is 1.47. The van der Waals surface area contributed by atoms with Gasteiger partial charge in [0.05, 0.1) is 4.90 Å². The number of carbonyl (C=O) groups excluding carboxylic acids is 2. The van der Waals surface area contributed by atoms with E-state index in [0.29, 0.717) is 18.7 Å². The molecule has 2 aliphatic rings. The van der Waals surface area contributed by atoms with E-state index >= 15 is 0 Å². The van der Waals surface area contributed by atoms with E-state index in [2.05, 4.69) is 15.6 Å². The van der Waals surface area contributed by atoms with E-state index in [-0.39, 0.29) is 57.2 Å². The topological polar surface area (TPSA) is 117 Å². The summed E-state index contributed by atoms with van der Waals surface area (Å²) in [7, 11) is -4.11. The smallest absolute Gasteiger partial charge is 0.328 e. The highest BCUT2D eigenvalue weighted by molar-refractivity contribution is 14.2. The maximum atomic E-state index is 13.2. The van der Waals surface area contributed by atoms with Crippen molar-refractivity contribution in [2.45, 2.75) is 55.9 Å². The van der Waals surface area contributed by atoms with Crippen molar-refractivity contribution in [2.24, 2.45) is 4.99 Å². The number of amides is 3. The highest BCUT2D eigenvalue weighted by Gasteiger charge is 2.35. The van der Waals surface area contributed by atoms with Gasteiger partial charge in [0, 0.05) is 36.1 Å². The molecule has 3 rings (SSSR count). The van der Waals surface area contributed by atoms with Crippen LogP contribution in [0.1, 0.15) is 38.2 Å². The van der Waals surface area contributed by atoms with Gasteiger partial charge in [-0.15, -0.1) is 20.7 Å². The molecule has 3 amide bonds. The molecule has 0 radical (unpaired) electrons. The van der Waals surface area contributed by atoms with Crippen LogP contribution in [0.25, 0.3) is 0 Å². The number of hydrogen-bond donors (Lipinski definition) is 3. The lowest BCUT2D eigenvalue weighted by molar-refractivity contribution is -0.114. The minimum absolute atomic E-state index is 0.0922. The van der Waals surface area contributed by atoms with E-state index < -0.39 is 28.0 Å². The van der Waals surface area contributed by atoms with Gasteiger partial charge in [-0.2, -0.15) is 0 Å². The van der Waals surface area contributed by atoms with E-state index in [1.54, 1.807) is 18.3 Å². The largest absolute Gasteiger partial charge is 0.350 e. The van der Waals surface area contributed by atoms with Crippen LogP contribution in [0, 0.1) is 0 Å². The molecule has 1 saturated carbocycles. The fourth-order valence-corrected chi connectivity index (χ4v) is 6.30. The van der Waals surface area contributed by atoms with Crippen molar-refractivity contribution in [2.75, 3.05) is 11.0 Å². The molecule has 1 aliphatic carbocycles. The molecule has 3 N–H and O–H groups in total. The number of rotatable bonds is 7. The molecule has 1 aromatic carbocycles. The third-order valence-electron chi connectivity index (χ3n) is 5.34. The predicted octanol–water partition coefficient (Wildman–Crippen LogP) is 3.04. The van der Waals surface area contributed by atoms with Gasteiger partial charge in [0.2, 0.25) is 5.92 Å². The van der Waals surface area contributed by atoms with Gasteiger partial charge in [0.25, 0.3) is 15.9 Å². The molecule has 1 fully saturated rings. The summed E-state index contributed by atoms with van der Waals surface area (Å²) in [6.07, 6.45) is 1.72. The second-order valence-corrected chi connectivity index (χ2v) is 12.2. The van der Waals surface area contributed by atoms with Crippen LogP contribution < -0.4 is 15.4 Å². The lowest BCUT2D eigenvalue weighted by Gasteiger charge is -2.28. The average Bonchev–Trinajstić information content (AvgIpc) is 3.00. The molecule has 1 heterocycles. The summed E-state index contributed by atoms with van der Waals surface area (Å²) in [6, 6.07) is 4.52. The number of nitrogens with zero attached hydrogens (tertiary/aromatic N) is 1. The van der Waals surface area contributed by atoms with Crippen molar-refractivity contribution in [3.8, 4) is 0 Å². The van der Waals surface area contributed by atoms with Gasteiger partial charge < -0.3 is 10.6 Å². The molecular weight excluding hydrogens is 581 g/mol. The second-order valence-electron chi connectivity index (χ2n) is 8.25. The normalized spacial score (nSPS) is 18.6. The van der Waals surface area contributed by atoms with Gasteiger partial charge in [0.15, 0.2) is 0 Å². The van der Waals surface area contributed by atoms with Crippen LogP contribution in [-0.2, 0) is 21.2 Å². The Labute approximate surface area is 207 Å². The standard InChI is InChI=1S/C22H27F2IN4O4S/c1-15-12-25-13-19(27-14-15)20(30)26-11-8-16-2-4-18(5-3-16)34(32,33)29-21(31)28-17-6-9-22(23,24)10-7-17/h2-5,13-14,17H,6-12H2,1H3,(H,26,30)(H2,28,29,31). The van der Waals surface area contributed by atoms with Gasteiger partial charge in [-0.05, 0) is 53.5 Å². The molecular formula is C22H27F2IN4O4S. The van der Waals surface area contributed by atoms with Crippen LogP contribution >= 0.6 is 20.7 Å². The van der Waals surface area contributed by atoms with Crippen LogP contribution in [0.5, 0.6) is 0 Å². The van der Waals surface area contributed by atoms with Gasteiger partial charge in [-0.1, -0.05) is 12.1 Å². The number of aliphatic imine (C=N–C) groups is 1. The number of alkyl halides is 3. The van der Waals surface area contributed by atoms with Crippen LogP contribution in [-0.4, -0.2) is 53.0 Å². The Morgan fingerprint density at radius 3 is 2.53 bits per heavy atom. The highest BCUT2D eigenvalue weighted by Crippen LogP contribution is 2.32. The molecule has 0 bridgehead atoms. The summed E-state index contributed by atoms with van der Waals surface area (Å²) >= 11 is -0.225. The fraction of sp³-hybridized carbons (Fsp3) is 0.455. The number of nitrogens with one attached hydrogen (secondary N) is 3. The summed E-state index contributed by atoms with van der Waals surface area (Å²) in [5.74, 6) is -2.97. The zero-order valence-electron chi connectivity index (χ0n) is 18.6. The Kier molecular flexibility index (Phi) is 8.90. The summed E-state index contributed by atoms with van der Waals surface area (Å²) < 4.78 is 56.2. The van der Waals surface area contributed by atoms with E-state index in [4.69, 9.17) is 0 Å². The predicted molar refractivity (Wildman–Crippen MR) is 135 cm³/mol. The van der Waals surface area contributed by atoms with E-state index in [1.165, 1.54) is 12.1 Å². The molecule has 8 nitrogen and oxygen atoms in total. The molecule has 0 aromatic heterocycles. The van der Waals surface area contributed by atoms with Crippen LogP contribution in [0.4, 0.5) is 13.6 Å². The molecule has 1 aromatic rings. The molecule has 0 unspecified atom stereocenters. The minimum Gasteiger partial charge on any atom is -0.350 e. The van der Waals surface area contributed by atoms with Crippen molar-refractivity contribution in [1.82, 2.24) is 15.4 Å². The first-order valence-corrected chi connectivity index (χ1v) is 15.0. The van der Waals surface area contributed by atoms with E-state index in [0.717, 1.165) is 15.6 Å². The number of halogens is 3. The maximum Gasteiger partial charge on any atom is 0.328 e. The first-order chi connectivity index (χ1) is 16.0. The minimum atomic E-state index is -4.11. The number of sulfonamides is 1. The van der Waals surface area contributed by atoms with Gasteiger partial charge in [-0.3, -0.25) is 9.79 Å². The molecule has 0 atom stereocenters. The van der Waals surface area contributed by atoms with Crippen LogP contribution in [0.15, 0.2) is 45.9 Å². The zero-order chi connectivity index (χ0) is 24.8. The first kappa shape index (κ1) is 26.4. The summed E-state index contributed by atoms with van der Waals surface area (Å²) in [5.41, 5.74) is 2.40. The highest BCUT2D eigenvalue weighted by atomic mass is 127. The summed E-state index contributed by atoms with van der Waals surface area (Å²) in [4.78, 5) is 28.4. The number of hydrogen-bond acceptors (Lipinski definition) is 5. The number of allylic oxidation sites excluding steroid dienone is 1. The van der Waals surface area contributed by atoms with Crippen molar-refractivity contribution >= 4 is 52.4 Å². The SMILES string of the molecule is CC1=CN=C(C(=O)NCCc2ccc(S(=O)(=O)NC(=O)NC3CCC(F)(F)CC3)cc2)C=IC1. The monoisotopic (exact) mass is 608 g/mol. The number of carbonyl (C=O) groups is 2. The third kappa shape index (κ3) is 7.93. The third-order valence-corrected chi connectivity index (χ3v) is 9.36. The van der Waals surface area contributed by atoms with Crippen LogP contribution in [0.2, 0.25) is 0 Å². The Morgan fingerprint density at radius 2 is 1.85 bits per heavy atom. The van der Waals surface area contributed by atoms with Crippen molar-refractivity contribution in [1.29, 1.82) is 0 Å². The lowest BCUT2D eigenvalue weighted by atomic mass is 9.92. The zero-order valence-corrected chi connectivity index (χ0v) is 21.6. The summed E-state index contributed by atoms with van der Waals surface area (Å²) in [5, 5.41) is 5.26. The van der Waals surface area contributed by atoms with E-state index in [9.17, 15) is 26.8 Å². The fourth-order valence-electron chi connectivity index (χ4n) is 3.41. The number of benzene rings is 1. The molecule has 12 heteroatoms. The van der Waals surface area contributed by atoms with Gasteiger partial charge >= 0.3 is 6.03 Å². The lowest BCUT2D eigenvalue weighted by Crippen LogP contribution is -2.46. The van der Waals surface area contributed by atoms with Crippen molar-refractivity contribution in [3.63, 3.8) is 0 Å². The quantitative estimate of drug-likeness (QED) is 0.326. The Hall–Kier alpha value is -2.22. The first-order valence-electron chi connectivity index (χ1n) is 10.8. The summed E-state index contributed by atoms with van der Waals surface area (Å²) in [6.45, 7) is 2.35. The molecule has 34 heavy (non-hydrogen) atoms. The van der Waals surface area contributed by atoms with Crippen molar-refractivity contribution < 1.29 is 26.8 Å². The average molecular weight is 608 g/mol. The molecule has 186 valence electrons. The Morgan fingerprint density at radius 1 is 1.18 bits per heavy atom. The maximum absolute atomic E-state index is 13.2. The Bertz CT molecular complexity index is 1110. The van der Waals surface area contributed by atoms with Crippen molar-refractivity contribution in [3.05, 3.63) is 41.6 Å². The second kappa shape index (κ2) is 11.5. The van der Waals surface area contributed by atoms with Crippen LogP contribution in [0.3, 0.4) is 0 Å². The van der Waals surface area contributed by atoms with Gasteiger partial charge in [0.1, 0.15) is 5.71 Å².